The molecule has 0 aliphatic heterocycles. The number of halogens is 3. The van der Waals surface area contributed by atoms with Gasteiger partial charge in [-0.15, -0.1) is 0 Å². The van der Waals surface area contributed by atoms with Crippen molar-refractivity contribution in [3.63, 3.8) is 0 Å². The van der Waals surface area contributed by atoms with E-state index in [4.69, 9.17) is 9.47 Å². The Hall–Kier alpha value is -2.25. The van der Waals surface area contributed by atoms with Crippen molar-refractivity contribution in [3.05, 3.63) is 18.0 Å². The Morgan fingerprint density at radius 3 is 2.18 bits per heavy atom. The minimum Gasteiger partial charge on any atom is -0.493 e. The van der Waals surface area contributed by atoms with Crippen LogP contribution in [-0.4, -0.2) is 35.5 Å². The monoisotopic (exact) mass is 314 g/mol. The van der Waals surface area contributed by atoms with Crippen LogP contribution in [0.4, 0.5) is 13.2 Å². The molecule has 1 aliphatic carbocycles. The van der Waals surface area contributed by atoms with Crippen LogP contribution in [0.3, 0.4) is 0 Å². The van der Waals surface area contributed by atoms with Gasteiger partial charge in [0.2, 0.25) is 5.88 Å². The second-order valence-corrected chi connectivity index (χ2v) is 5.18. The van der Waals surface area contributed by atoms with E-state index in [-0.39, 0.29) is 23.7 Å². The average molecular weight is 314 g/mol. The van der Waals surface area contributed by atoms with Crippen LogP contribution in [0.5, 0.6) is 17.4 Å². The summed E-state index contributed by atoms with van der Waals surface area (Å²) in [6.07, 6.45) is -4.59. The SMILES string of the molecule is COc1cc2nc(C3(C(F)(F)F)CC3)nc(O)c2cc1OC. The van der Waals surface area contributed by atoms with E-state index >= 15 is 0 Å². The summed E-state index contributed by atoms with van der Waals surface area (Å²) in [5.74, 6) is -0.261. The third-order valence-corrected chi connectivity index (χ3v) is 3.90. The predicted octanol–water partition coefficient (Wildman–Crippen LogP) is 2.95. The van der Waals surface area contributed by atoms with E-state index in [1.165, 1.54) is 26.4 Å². The molecule has 1 saturated carbocycles. The van der Waals surface area contributed by atoms with Gasteiger partial charge in [-0.2, -0.15) is 18.2 Å². The Balaban J connectivity index is 2.21. The van der Waals surface area contributed by atoms with Gasteiger partial charge in [-0.05, 0) is 18.9 Å². The van der Waals surface area contributed by atoms with E-state index in [1.807, 2.05) is 0 Å². The normalized spacial score (nSPS) is 16.6. The molecule has 8 heteroatoms. The highest BCUT2D eigenvalue weighted by Gasteiger charge is 2.66. The lowest BCUT2D eigenvalue weighted by Gasteiger charge is -2.18. The van der Waals surface area contributed by atoms with Gasteiger partial charge in [0.1, 0.15) is 11.2 Å². The lowest BCUT2D eigenvalue weighted by molar-refractivity contribution is -0.162. The summed E-state index contributed by atoms with van der Waals surface area (Å²) in [7, 11) is 2.82. The van der Waals surface area contributed by atoms with Gasteiger partial charge < -0.3 is 14.6 Å². The van der Waals surface area contributed by atoms with Crippen molar-refractivity contribution in [2.45, 2.75) is 24.4 Å². The topological polar surface area (TPSA) is 64.5 Å². The first-order chi connectivity index (χ1) is 10.3. The van der Waals surface area contributed by atoms with Crippen molar-refractivity contribution in [2.24, 2.45) is 0 Å². The Bertz CT molecular complexity index is 742. The van der Waals surface area contributed by atoms with Crippen LogP contribution in [0.15, 0.2) is 12.1 Å². The zero-order valence-corrected chi connectivity index (χ0v) is 11.9. The minimum absolute atomic E-state index is 0.0747. The third kappa shape index (κ3) is 2.01. The maximum absolute atomic E-state index is 13.2. The van der Waals surface area contributed by atoms with Crippen LogP contribution in [0, 0.1) is 0 Å². The third-order valence-electron chi connectivity index (χ3n) is 3.90. The molecule has 118 valence electrons. The van der Waals surface area contributed by atoms with Gasteiger partial charge in [-0.25, -0.2) is 4.98 Å². The zero-order chi connectivity index (χ0) is 16.1. The van der Waals surface area contributed by atoms with E-state index in [2.05, 4.69) is 9.97 Å². The number of methoxy groups -OCH3 is 2. The average Bonchev–Trinajstić information content (AvgIpc) is 3.27. The number of rotatable bonds is 3. The molecular weight excluding hydrogens is 301 g/mol. The Morgan fingerprint density at radius 2 is 1.68 bits per heavy atom. The molecule has 1 fully saturated rings. The van der Waals surface area contributed by atoms with E-state index in [0.717, 1.165) is 0 Å². The highest BCUT2D eigenvalue weighted by atomic mass is 19.4. The Kier molecular flexibility index (Phi) is 3.08. The Labute approximate surface area is 123 Å². The molecule has 0 bridgehead atoms. The highest BCUT2D eigenvalue weighted by molar-refractivity contribution is 5.86. The molecule has 3 rings (SSSR count). The zero-order valence-electron chi connectivity index (χ0n) is 11.9. The predicted molar refractivity (Wildman–Crippen MR) is 71.3 cm³/mol. The molecule has 1 heterocycles. The number of alkyl halides is 3. The molecule has 1 aromatic carbocycles. The van der Waals surface area contributed by atoms with Gasteiger partial charge in [-0.3, -0.25) is 0 Å². The summed E-state index contributed by atoms with van der Waals surface area (Å²) in [5.41, 5.74) is -1.87. The number of hydrogen-bond donors (Lipinski definition) is 1. The molecular formula is C14H13F3N2O3. The Morgan fingerprint density at radius 1 is 1.09 bits per heavy atom. The molecule has 0 atom stereocenters. The fraction of sp³-hybridized carbons (Fsp3) is 0.429. The maximum atomic E-state index is 13.2. The summed E-state index contributed by atoms with van der Waals surface area (Å²) in [6.45, 7) is 0. The van der Waals surface area contributed by atoms with Gasteiger partial charge in [0.25, 0.3) is 0 Å². The van der Waals surface area contributed by atoms with Crippen molar-refractivity contribution in [1.29, 1.82) is 0 Å². The molecule has 1 aliphatic rings. The number of aromatic hydroxyl groups is 1. The fourth-order valence-corrected chi connectivity index (χ4v) is 2.41. The van der Waals surface area contributed by atoms with Crippen LogP contribution in [0.1, 0.15) is 18.7 Å². The molecule has 2 aromatic rings. The first kappa shape index (κ1) is 14.7. The van der Waals surface area contributed by atoms with E-state index < -0.39 is 23.3 Å². The van der Waals surface area contributed by atoms with E-state index in [1.54, 1.807) is 0 Å². The first-order valence-corrected chi connectivity index (χ1v) is 6.52. The smallest absolute Gasteiger partial charge is 0.401 e. The lowest BCUT2D eigenvalue weighted by atomic mass is 10.1. The number of nitrogens with zero attached hydrogens (tertiary/aromatic N) is 2. The molecule has 1 N–H and O–H groups in total. The lowest BCUT2D eigenvalue weighted by Crippen LogP contribution is -2.30. The van der Waals surface area contributed by atoms with Gasteiger partial charge in [0.05, 0.1) is 25.1 Å². The van der Waals surface area contributed by atoms with Gasteiger partial charge >= 0.3 is 6.18 Å². The molecule has 0 spiro atoms. The molecule has 0 saturated heterocycles. The van der Waals surface area contributed by atoms with Crippen LogP contribution < -0.4 is 9.47 Å². The summed E-state index contributed by atoms with van der Waals surface area (Å²) < 4.78 is 49.7. The second-order valence-electron chi connectivity index (χ2n) is 5.18. The molecule has 0 unspecified atom stereocenters. The molecule has 22 heavy (non-hydrogen) atoms. The summed E-state index contributed by atoms with van der Waals surface area (Å²) in [5, 5.41) is 10.2. The fourth-order valence-electron chi connectivity index (χ4n) is 2.41. The molecule has 1 aromatic heterocycles. The number of aromatic nitrogens is 2. The van der Waals surface area contributed by atoms with Crippen LogP contribution in [0.25, 0.3) is 10.9 Å². The number of hydrogen-bond acceptors (Lipinski definition) is 5. The molecule has 5 nitrogen and oxygen atoms in total. The van der Waals surface area contributed by atoms with Gasteiger partial charge in [0, 0.05) is 6.07 Å². The number of ether oxygens (including phenoxy) is 2. The largest absolute Gasteiger partial charge is 0.493 e. The van der Waals surface area contributed by atoms with Gasteiger partial charge in [0.15, 0.2) is 11.5 Å². The standard InChI is InChI=1S/C14H13F3N2O3/c1-21-9-5-7-8(6-10(9)22-2)18-12(19-11(7)20)13(3-4-13)14(15,16)17/h5-6H,3-4H2,1-2H3,(H,18,19,20). The van der Waals surface area contributed by atoms with Crippen molar-refractivity contribution < 1.29 is 27.8 Å². The highest BCUT2D eigenvalue weighted by Crippen LogP contribution is 2.58. The van der Waals surface area contributed by atoms with Crippen molar-refractivity contribution in [3.8, 4) is 17.4 Å². The summed E-state index contributed by atoms with van der Waals surface area (Å²) in [6, 6.07) is 2.85. The maximum Gasteiger partial charge on any atom is 0.401 e. The molecule has 0 amide bonds. The van der Waals surface area contributed by atoms with Crippen LogP contribution in [-0.2, 0) is 5.41 Å². The number of fused-ring (bicyclic) bond motifs is 1. The van der Waals surface area contributed by atoms with E-state index in [0.29, 0.717) is 11.5 Å². The minimum atomic E-state index is -4.44. The molecule has 0 radical (unpaired) electrons. The van der Waals surface area contributed by atoms with Crippen molar-refractivity contribution >= 4 is 10.9 Å². The summed E-state index contributed by atoms with van der Waals surface area (Å²) in [4.78, 5) is 7.65. The first-order valence-electron chi connectivity index (χ1n) is 6.52. The second kappa shape index (κ2) is 4.62. The van der Waals surface area contributed by atoms with Gasteiger partial charge in [-0.1, -0.05) is 0 Å². The number of benzene rings is 1. The summed E-state index contributed by atoms with van der Waals surface area (Å²) >= 11 is 0. The van der Waals surface area contributed by atoms with Crippen LogP contribution in [0.2, 0.25) is 0 Å². The van der Waals surface area contributed by atoms with Crippen molar-refractivity contribution in [1.82, 2.24) is 9.97 Å². The van der Waals surface area contributed by atoms with Crippen molar-refractivity contribution in [2.75, 3.05) is 14.2 Å². The quantitative estimate of drug-likeness (QED) is 0.943. The van der Waals surface area contributed by atoms with E-state index in [9.17, 15) is 18.3 Å². The van der Waals surface area contributed by atoms with Crippen LogP contribution >= 0.6 is 0 Å².